The second-order valence-electron chi connectivity index (χ2n) is 3.20. The Morgan fingerprint density at radius 1 is 1.35 bits per heavy atom. The third-order valence-corrected chi connectivity index (χ3v) is 2.77. The van der Waals surface area contributed by atoms with Crippen LogP contribution in [0.2, 0.25) is 0 Å². The van der Waals surface area contributed by atoms with Crippen LogP contribution < -0.4 is 5.73 Å². The Balaban J connectivity index is 2.29. The molecule has 2 rings (SSSR count). The van der Waals surface area contributed by atoms with Gasteiger partial charge < -0.3 is 5.73 Å². The molecule has 0 unspecified atom stereocenters. The Hall–Kier alpha value is -2.28. The lowest BCUT2D eigenvalue weighted by atomic mass is 10.1. The van der Waals surface area contributed by atoms with Gasteiger partial charge in [0.1, 0.15) is 5.69 Å². The van der Waals surface area contributed by atoms with E-state index >= 15 is 0 Å². The molecule has 1 heterocycles. The van der Waals surface area contributed by atoms with Crippen LogP contribution in [0.5, 0.6) is 0 Å². The largest absolute Gasteiger partial charge is 0.375 e. The normalized spacial score (nSPS) is 10.1. The summed E-state index contributed by atoms with van der Waals surface area (Å²) in [5, 5.41) is 12.3. The lowest BCUT2D eigenvalue weighted by Gasteiger charge is -1.96. The lowest BCUT2D eigenvalue weighted by Crippen LogP contribution is -2.02. The van der Waals surface area contributed by atoms with Crippen molar-refractivity contribution in [2.45, 2.75) is 0 Å². The molecule has 0 spiro atoms. The minimum absolute atomic E-state index is 0.0562. The van der Waals surface area contributed by atoms with Gasteiger partial charge in [-0.05, 0) is 12.1 Å². The number of hydrogen-bond donors (Lipinski definition) is 1. The third-order valence-electron chi connectivity index (χ3n) is 2.09. The van der Waals surface area contributed by atoms with Crippen molar-refractivity contribution in [1.29, 1.82) is 0 Å². The van der Waals surface area contributed by atoms with Crippen molar-refractivity contribution in [3.8, 4) is 0 Å². The van der Waals surface area contributed by atoms with Crippen molar-refractivity contribution < 1.29 is 9.72 Å². The van der Waals surface area contributed by atoms with Crippen LogP contribution in [0, 0.1) is 10.1 Å². The van der Waals surface area contributed by atoms with Crippen LogP contribution in [0.1, 0.15) is 16.1 Å². The molecule has 6 nitrogen and oxygen atoms in total. The van der Waals surface area contributed by atoms with Crippen LogP contribution in [0.25, 0.3) is 0 Å². The molecular weight excluding hydrogens is 242 g/mol. The number of ketones is 1. The van der Waals surface area contributed by atoms with Crippen LogP contribution in [0.3, 0.4) is 0 Å². The summed E-state index contributed by atoms with van der Waals surface area (Å²) in [7, 11) is 0. The van der Waals surface area contributed by atoms with E-state index in [1.54, 1.807) is 5.38 Å². The van der Waals surface area contributed by atoms with E-state index < -0.39 is 4.92 Å². The second kappa shape index (κ2) is 4.30. The maximum Gasteiger partial charge on any atom is 0.269 e. The maximum atomic E-state index is 11.9. The lowest BCUT2D eigenvalue weighted by molar-refractivity contribution is -0.384. The van der Waals surface area contributed by atoms with Gasteiger partial charge in [-0.3, -0.25) is 14.9 Å². The zero-order valence-electron chi connectivity index (χ0n) is 8.49. The van der Waals surface area contributed by atoms with Gasteiger partial charge in [0.2, 0.25) is 5.78 Å². The molecule has 0 aliphatic rings. The average Bonchev–Trinajstić information content (AvgIpc) is 2.75. The van der Waals surface area contributed by atoms with E-state index in [2.05, 4.69) is 4.98 Å². The fraction of sp³-hybridized carbons (Fsp3) is 0. The van der Waals surface area contributed by atoms with Crippen molar-refractivity contribution in [3.63, 3.8) is 0 Å². The number of nitro groups is 1. The number of hydrogen-bond acceptors (Lipinski definition) is 6. The summed E-state index contributed by atoms with van der Waals surface area (Å²) < 4.78 is 0. The summed E-state index contributed by atoms with van der Waals surface area (Å²) in [5.41, 5.74) is 5.97. The fourth-order valence-corrected chi connectivity index (χ4v) is 1.82. The van der Waals surface area contributed by atoms with Gasteiger partial charge in [0.15, 0.2) is 5.13 Å². The number of rotatable bonds is 3. The number of nitro benzene ring substituents is 1. The van der Waals surface area contributed by atoms with Crippen LogP contribution in [0.15, 0.2) is 29.6 Å². The van der Waals surface area contributed by atoms with Crippen molar-refractivity contribution in [1.82, 2.24) is 4.98 Å². The van der Waals surface area contributed by atoms with Crippen LogP contribution in [-0.4, -0.2) is 15.7 Å². The molecule has 0 radical (unpaired) electrons. The quantitative estimate of drug-likeness (QED) is 0.508. The number of anilines is 1. The highest BCUT2D eigenvalue weighted by Crippen LogP contribution is 2.17. The number of nitrogens with two attached hydrogens (primary N) is 1. The van der Waals surface area contributed by atoms with Gasteiger partial charge in [-0.1, -0.05) is 0 Å². The van der Waals surface area contributed by atoms with E-state index in [-0.39, 0.29) is 17.2 Å². The van der Waals surface area contributed by atoms with E-state index in [1.807, 2.05) is 0 Å². The molecule has 0 fully saturated rings. The predicted molar refractivity (Wildman–Crippen MR) is 63.1 cm³/mol. The highest BCUT2D eigenvalue weighted by Gasteiger charge is 2.13. The first-order valence-corrected chi connectivity index (χ1v) is 5.46. The Morgan fingerprint density at radius 3 is 2.47 bits per heavy atom. The zero-order chi connectivity index (χ0) is 12.4. The summed E-state index contributed by atoms with van der Waals surface area (Å²) in [6.07, 6.45) is 0. The molecule has 2 N–H and O–H groups in total. The molecule has 7 heteroatoms. The Kier molecular flexibility index (Phi) is 2.84. The van der Waals surface area contributed by atoms with E-state index in [1.165, 1.54) is 35.6 Å². The minimum Gasteiger partial charge on any atom is -0.375 e. The molecule has 0 bridgehead atoms. The van der Waals surface area contributed by atoms with Gasteiger partial charge in [0.05, 0.1) is 4.92 Å². The molecule has 0 aliphatic carbocycles. The maximum absolute atomic E-state index is 11.9. The van der Waals surface area contributed by atoms with Gasteiger partial charge >= 0.3 is 0 Å². The zero-order valence-corrected chi connectivity index (χ0v) is 9.31. The van der Waals surface area contributed by atoms with Crippen LogP contribution in [-0.2, 0) is 0 Å². The molecule has 17 heavy (non-hydrogen) atoms. The first kappa shape index (κ1) is 11.2. The van der Waals surface area contributed by atoms with Gasteiger partial charge in [-0.25, -0.2) is 4.98 Å². The summed E-state index contributed by atoms with van der Waals surface area (Å²) in [5.74, 6) is -0.298. The van der Waals surface area contributed by atoms with Gasteiger partial charge in [0.25, 0.3) is 5.69 Å². The minimum atomic E-state index is -0.519. The Bertz CT molecular complexity index is 577. The number of benzene rings is 1. The first-order valence-electron chi connectivity index (χ1n) is 4.58. The van der Waals surface area contributed by atoms with E-state index in [4.69, 9.17) is 5.73 Å². The van der Waals surface area contributed by atoms with Crippen LogP contribution >= 0.6 is 11.3 Å². The Morgan fingerprint density at radius 2 is 2.00 bits per heavy atom. The molecule has 0 saturated carbocycles. The number of non-ortho nitro benzene ring substituents is 1. The highest BCUT2D eigenvalue weighted by molar-refractivity contribution is 7.13. The summed E-state index contributed by atoms with van der Waals surface area (Å²) in [4.78, 5) is 25.6. The van der Waals surface area contributed by atoms with Gasteiger partial charge in [0, 0.05) is 23.1 Å². The highest BCUT2D eigenvalue weighted by atomic mass is 32.1. The van der Waals surface area contributed by atoms with E-state index in [9.17, 15) is 14.9 Å². The predicted octanol–water partition coefficient (Wildman–Crippen LogP) is 1.86. The number of nitrogen functional groups attached to an aromatic ring is 1. The number of aromatic nitrogens is 1. The van der Waals surface area contributed by atoms with Crippen molar-refractivity contribution in [2.24, 2.45) is 0 Å². The molecule has 0 atom stereocenters. The topological polar surface area (TPSA) is 99.1 Å². The number of nitrogens with zero attached hydrogens (tertiary/aromatic N) is 2. The fourth-order valence-electron chi connectivity index (χ4n) is 1.27. The monoisotopic (exact) mass is 249 g/mol. The number of carbonyl (C=O) groups excluding carboxylic acids is 1. The van der Waals surface area contributed by atoms with Gasteiger partial charge in [-0.2, -0.15) is 0 Å². The number of thiazole rings is 1. The molecule has 86 valence electrons. The molecule has 0 saturated heterocycles. The van der Waals surface area contributed by atoms with Crippen LogP contribution in [0.4, 0.5) is 10.8 Å². The number of carbonyl (C=O) groups is 1. The molecule has 1 aromatic carbocycles. The second-order valence-corrected chi connectivity index (χ2v) is 4.09. The van der Waals surface area contributed by atoms with E-state index in [0.717, 1.165) is 0 Å². The molecule has 0 aliphatic heterocycles. The van der Waals surface area contributed by atoms with Crippen molar-refractivity contribution >= 4 is 27.9 Å². The van der Waals surface area contributed by atoms with Gasteiger partial charge in [-0.15, -0.1) is 11.3 Å². The molecular formula is C10H7N3O3S. The molecule has 2 aromatic rings. The standard InChI is InChI=1S/C10H7N3O3S/c11-10-12-8(5-17-10)9(14)6-1-3-7(4-2-6)13(15)16/h1-5H,(H2,11,12). The third kappa shape index (κ3) is 2.28. The average molecular weight is 249 g/mol. The summed E-state index contributed by atoms with van der Waals surface area (Å²) in [6, 6.07) is 5.36. The molecule has 1 aromatic heterocycles. The Labute approximate surface area is 99.9 Å². The smallest absolute Gasteiger partial charge is 0.269 e. The summed E-state index contributed by atoms with van der Waals surface area (Å²) >= 11 is 1.17. The first-order chi connectivity index (χ1) is 8.08. The SMILES string of the molecule is Nc1nc(C(=O)c2ccc([N+](=O)[O-])cc2)cs1. The summed E-state index contributed by atoms with van der Waals surface area (Å²) in [6.45, 7) is 0. The molecule has 0 amide bonds. The van der Waals surface area contributed by atoms with Crippen molar-refractivity contribution in [2.75, 3.05) is 5.73 Å². The van der Waals surface area contributed by atoms with E-state index in [0.29, 0.717) is 10.7 Å². The van der Waals surface area contributed by atoms with Crippen molar-refractivity contribution in [3.05, 3.63) is 51.0 Å².